The zero-order valence-electron chi connectivity index (χ0n) is 10.6. The fourth-order valence-electron chi connectivity index (χ4n) is 1.72. The summed E-state index contributed by atoms with van der Waals surface area (Å²) >= 11 is 5.82. The van der Waals surface area contributed by atoms with Crippen molar-refractivity contribution in [3.8, 4) is 0 Å². The van der Waals surface area contributed by atoms with Gasteiger partial charge in [0.1, 0.15) is 0 Å². The van der Waals surface area contributed by atoms with Gasteiger partial charge in [-0.15, -0.1) is 0 Å². The minimum absolute atomic E-state index is 0.100. The minimum Gasteiger partial charge on any atom is -0.336 e. The molecular weight excluding hydrogens is 268 g/mol. The van der Waals surface area contributed by atoms with E-state index in [0.717, 1.165) is 0 Å². The van der Waals surface area contributed by atoms with Gasteiger partial charge in [0.25, 0.3) is 0 Å². The van der Waals surface area contributed by atoms with Crippen LogP contribution in [-0.2, 0) is 4.79 Å². The number of hydrogen-bond donors (Lipinski definition) is 1. The maximum Gasteiger partial charge on any atom is 0.348 e. The first-order valence-electron chi connectivity index (χ1n) is 5.60. The molecule has 1 fully saturated rings. The quantitative estimate of drug-likeness (QED) is 0.850. The van der Waals surface area contributed by atoms with E-state index in [4.69, 9.17) is 11.6 Å². The summed E-state index contributed by atoms with van der Waals surface area (Å²) in [6, 6.07) is 6.21. The molecule has 0 spiro atoms. The van der Waals surface area contributed by atoms with Crippen LogP contribution in [0, 0.1) is 0 Å². The number of anilines is 1. The molecule has 1 aliphatic heterocycles. The molecule has 0 unspecified atom stereocenters. The molecular formula is C12H13ClN4O2. The molecule has 0 bridgehead atoms. The highest BCUT2D eigenvalue weighted by molar-refractivity contribution is 6.30. The summed E-state index contributed by atoms with van der Waals surface area (Å²) in [6.45, 7) is 0.222. The van der Waals surface area contributed by atoms with E-state index in [1.165, 1.54) is 4.90 Å². The Hall–Kier alpha value is -2.08. The lowest BCUT2D eigenvalue weighted by atomic mass is 10.3. The summed E-state index contributed by atoms with van der Waals surface area (Å²) in [4.78, 5) is 30.0. The number of urea groups is 1. The number of aliphatic imine (C=N–C) groups is 1. The predicted octanol–water partition coefficient (Wildman–Crippen LogP) is 1.63. The Bertz CT molecular complexity index is 558. The fraction of sp³-hybridized carbons (Fsp3) is 0.250. The average Bonchev–Trinajstić information content (AvgIpc) is 2.56. The Balaban J connectivity index is 2.11. The number of likely N-dealkylation sites (N-methyl/N-ethyl adjacent to an activating group) is 2. The van der Waals surface area contributed by atoms with Crippen LogP contribution in [0.4, 0.5) is 10.5 Å². The zero-order chi connectivity index (χ0) is 14.0. The van der Waals surface area contributed by atoms with Gasteiger partial charge in [-0.3, -0.25) is 9.69 Å². The number of carbonyl (C=O) groups is 2. The molecule has 1 N–H and O–H groups in total. The van der Waals surface area contributed by atoms with E-state index < -0.39 is 6.03 Å². The van der Waals surface area contributed by atoms with Crippen LogP contribution in [0.25, 0.3) is 0 Å². The van der Waals surface area contributed by atoms with Gasteiger partial charge >= 0.3 is 6.03 Å². The monoisotopic (exact) mass is 280 g/mol. The molecule has 2 rings (SSSR count). The van der Waals surface area contributed by atoms with E-state index in [2.05, 4.69) is 10.3 Å². The number of hydrogen-bond acceptors (Lipinski definition) is 2. The third kappa shape index (κ3) is 3.03. The maximum atomic E-state index is 11.8. The smallest absolute Gasteiger partial charge is 0.336 e. The Morgan fingerprint density at radius 1 is 1.42 bits per heavy atom. The predicted molar refractivity (Wildman–Crippen MR) is 73.3 cm³/mol. The van der Waals surface area contributed by atoms with Gasteiger partial charge < -0.3 is 10.2 Å². The summed E-state index contributed by atoms with van der Waals surface area (Å²) in [5.41, 5.74) is 0.552. The molecule has 100 valence electrons. The Morgan fingerprint density at radius 2 is 2.16 bits per heavy atom. The van der Waals surface area contributed by atoms with E-state index in [9.17, 15) is 9.59 Å². The van der Waals surface area contributed by atoms with Gasteiger partial charge in [-0.25, -0.2) is 4.79 Å². The molecule has 0 atom stereocenters. The molecule has 6 nitrogen and oxygen atoms in total. The molecule has 0 aromatic heterocycles. The molecule has 1 aliphatic rings. The van der Waals surface area contributed by atoms with Crippen LogP contribution < -0.4 is 5.32 Å². The van der Waals surface area contributed by atoms with Crippen molar-refractivity contribution < 1.29 is 9.59 Å². The number of carbonyl (C=O) groups excluding carboxylic acids is 2. The number of benzene rings is 1. The van der Waals surface area contributed by atoms with Gasteiger partial charge in [0.2, 0.25) is 11.9 Å². The first-order chi connectivity index (χ1) is 8.97. The highest BCUT2D eigenvalue weighted by Gasteiger charge is 2.29. The molecule has 1 saturated heterocycles. The van der Waals surface area contributed by atoms with E-state index in [1.54, 1.807) is 43.3 Å². The third-order valence-electron chi connectivity index (χ3n) is 2.67. The van der Waals surface area contributed by atoms with Gasteiger partial charge in [0, 0.05) is 24.8 Å². The topological polar surface area (TPSA) is 65.0 Å². The van der Waals surface area contributed by atoms with Gasteiger partial charge in [-0.1, -0.05) is 17.7 Å². The van der Waals surface area contributed by atoms with E-state index >= 15 is 0 Å². The molecule has 3 amide bonds. The van der Waals surface area contributed by atoms with Gasteiger partial charge in [-0.2, -0.15) is 4.99 Å². The van der Waals surface area contributed by atoms with Crippen LogP contribution in [0.3, 0.4) is 0 Å². The lowest BCUT2D eigenvalue weighted by Crippen LogP contribution is -2.31. The van der Waals surface area contributed by atoms with Crippen molar-refractivity contribution in [2.24, 2.45) is 4.99 Å². The largest absolute Gasteiger partial charge is 0.348 e. The molecule has 0 radical (unpaired) electrons. The Labute approximate surface area is 115 Å². The number of amides is 3. The highest BCUT2D eigenvalue weighted by Crippen LogP contribution is 2.15. The SMILES string of the molecule is CN1CC(=O)N(C)/C1=N/C(=O)Nc1cccc(Cl)c1. The molecule has 1 heterocycles. The molecule has 7 heteroatoms. The average molecular weight is 281 g/mol. The van der Waals surface area contributed by atoms with Crippen molar-refractivity contribution >= 4 is 35.2 Å². The number of halogens is 1. The second-order valence-electron chi connectivity index (χ2n) is 4.16. The lowest BCUT2D eigenvalue weighted by molar-refractivity contribution is -0.124. The van der Waals surface area contributed by atoms with E-state index in [1.807, 2.05) is 0 Å². The molecule has 0 saturated carbocycles. The van der Waals surface area contributed by atoms with Crippen molar-refractivity contribution in [3.05, 3.63) is 29.3 Å². The first-order valence-corrected chi connectivity index (χ1v) is 5.98. The second kappa shape index (κ2) is 5.27. The van der Waals surface area contributed by atoms with Crippen LogP contribution in [0.5, 0.6) is 0 Å². The van der Waals surface area contributed by atoms with Crippen LogP contribution in [0.1, 0.15) is 0 Å². The lowest BCUT2D eigenvalue weighted by Gasteiger charge is -2.13. The van der Waals surface area contributed by atoms with E-state index in [-0.39, 0.29) is 12.5 Å². The number of nitrogens with one attached hydrogen (secondary N) is 1. The standard InChI is InChI=1S/C12H13ClN4O2/c1-16-7-10(18)17(2)12(16)15-11(19)14-9-5-3-4-8(13)6-9/h3-6H,7H2,1-2H3,(H,14,19)/b15-12+. The second-order valence-corrected chi connectivity index (χ2v) is 4.60. The molecule has 1 aromatic carbocycles. The van der Waals surface area contributed by atoms with Crippen LogP contribution >= 0.6 is 11.6 Å². The van der Waals surface area contributed by atoms with Gasteiger partial charge in [0.15, 0.2) is 0 Å². The summed E-state index contributed by atoms with van der Waals surface area (Å²) in [6.07, 6.45) is 0. The number of rotatable bonds is 1. The van der Waals surface area contributed by atoms with Crippen molar-refractivity contribution in [1.82, 2.24) is 9.80 Å². The summed E-state index contributed by atoms with van der Waals surface area (Å²) in [5.74, 6) is 0.223. The zero-order valence-corrected chi connectivity index (χ0v) is 11.3. The van der Waals surface area contributed by atoms with E-state index in [0.29, 0.717) is 16.7 Å². The minimum atomic E-state index is -0.550. The molecule has 19 heavy (non-hydrogen) atoms. The van der Waals surface area contributed by atoms with Gasteiger partial charge in [-0.05, 0) is 18.2 Å². The summed E-state index contributed by atoms with van der Waals surface area (Å²) < 4.78 is 0. The Morgan fingerprint density at radius 3 is 2.74 bits per heavy atom. The maximum absolute atomic E-state index is 11.8. The van der Waals surface area contributed by atoms with Crippen LogP contribution in [0.2, 0.25) is 5.02 Å². The summed E-state index contributed by atoms with van der Waals surface area (Å²) in [5, 5.41) is 3.11. The van der Waals surface area contributed by atoms with Crippen molar-refractivity contribution in [3.63, 3.8) is 0 Å². The normalized spacial score (nSPS) is 17.2. The van der Waals surface area contributed by atoms with Crippen LogP contribution in [-0.4, -0.2) is 48.3 Å². The number of guanidine groups is 1. The highest BCUT2D eigenvalue weighted by atomic mass is 35.5. The third-order valence-corrected chi connectivity index (χ3v) is 2.90. The molecule has 1 aromatic rings. The fourth-order valence-corrected chi connectivity index (χ4v) is 1.91. The molecule has 0 aliphatic carbocycles. The summed E-state index contributed by atoms with van der Waals surface area (Å²) in [7, 11) is 3.28. The van der Waals surface area contributed by atoms with Crippen LogP contribution in [0.15, 0.2) is 29.3 Å². The number of nitrogens with zero attached hydrogens (tertiary/aromatic N) is 3. The Kier molecular flexibility index (Phi) is 3.71. The van der Waals surface area contributed by atoms with Crippen molar-refractivity contribution in [2.45, 2.75) is 0 Å². The van der Waals surface area contributed by atoms with Crippen molar-refractivity contribution in [2.75, 3.05) is 26.0 Å². The van der Waals surface area contributed by atoms with Crippen molar-refractivity contribution in [1.29, 1.82) is 0 Å². The van der Waals surface area contributed by atoms with Gasteiger partial charge in [0.05, 0.1) is 6.54 Å². The first kappa shape index (κ1) is 13.4.